The van der Waals surface area contributed by atoms with Gasteiger partial charge in [0.1, 0.15) is 29.4 Å². The summed E-state index contributed by atoms with van der Waals surface area (Å²) in [4.78, 5) is 73.6. The first-order valence-corrected chi connectivity index (χ1v) is 21.3. The maximum absolute atomic E-state index is 13.9. The number of benzene rings is 3. The van der Waals surface area contributed by atoms with Crippen LogP contribution < -0.4 is 15.5 Å². The second-order valence-electron chi connectivity index (χ2n) is 16.3. The van der Waals surface area contributed by atoms with Crippen molar-refractivity contribution in [1.82, 2.24) is 40.4 Å². The van der Waals surface area contributed by atoms with Crippen molar-refractivity contribution < 1.29 is 28.7 Å². The van der Waals surface area contributed by atoms with Gasteiger partial charge in [-0.15, -0.1) is 24.8 Å². The monoisotopic (exact) mass is 935 g/mol. The van der Waals surface area contributed by atoms with E-state index in [0.29, 0.717) is 42.4 Å². The molecule has 2 aromatic heterocycles. The van der Waals surface area contributed by atoms with Gasteiger partial charge in [-0.3, -0.25) is 9.59 Å². The fourth-order valence-corrected chi connectivity index (χ4v) is 8.20. The van der Waals surface area contributed by atoms with Gasteiger partial charge in [-0.2, -0.15) is 0 Å². The van der Waals surface area contributed by atoms with Crippen molar-refractivity contribution in [3.05, 3.63) is 114 Å². The SMILES string of the molecule is COC(=O)N[C@H](C(=O)N1CCC[C@H]1c1ncc(-c2ccc(C#CC#Cc3cnc([C@@H]4CCCN4C(=O)[C@H](NC(=O)OC)c4ccccc4)[nH]3)c(-c3ccc(N(C)C)cc3)c2)[nH]1)C(C)C.Cl.Cl. The molecule has 346 valence electrons. The number of methoxy groups -OCH3 is 2. The fraction of sp³-hybridized carbons (Fsp3) is 0.347. The Hall–Kier alpha value is -6.94. The minimum absolute atomic E-state index is 0. The second kappa shape index (κ2) is 22.8. The summed E-state index contributed by atoms with van der Waals surface area (Å²) < 4.78 is 9.61. The lowest BCUT2D eigenvalue weighted by Gasteiger charge is -2.30. The number of likely N-dealkylation sites (tertiary alicyclic amines) is 2. The van der Waals surface area contributed by atoms with E-state index in [1.54, 1.807) is 34.3 Å². The molecule has 5 aromatic rings. The number of aromatic amines is 2. The number of hydrogen-bond acceptors (Lipinski definition) is 9. The summed E-state index contributed by atoms with van der Waals surface area (Å²) in [5.74, 6) is 13.1. The van der Waals surface area contributed by atoms with E-state index in [4.69, 9.17) is 14.5 Å². The Kier molecular flexibility index (Phi) is 17.3. The van der Waals surface area contributed by atoms with Gasteiger partial charge in [-0.25, -0.2) is 19.6 Å². The molecule has 2 fully saturated rings. The average molecular weight is 937 g/mol. The minimum atomic E-state index is -0.914. The van der Waals surface area contributed by atoms with Crippen LogP contribution >= 0.6 is 24.8 Å². The molecule has 0 bridgehead atoms. The van der Waals surface area contributed by atoms with Crippen molar-refractivity contribution in [3.63, 3.8) is 0 Å². The molecule has 7 rings (SSSR count). The van der Waals surface area contributed by atoms with E-state index in [2.05, 4.69) is 79.6 Å². The van der Waals surface area contributed by atoms with Crippen LogP contribution in [0.25, 0.3) is 22.4 Å². The van der Waals surface area contributed by atoms with Crippen LogP contribution in [-0.2, 0) is 19.1 Å². The van der Waals surface area contributed by atoms with Crippen molar-refractivity contribution in [1.29, 1.82) is 0 Å². The third-order valence-electron chi connectivity index (χ3n) is 11.6. The summed E-state index contributed by atoms with van der Waals surface area (Å²) >= 11 is 0. The first kappa shape index (κ1) is 50.1. The molecule has 2 saturated heterocycles. The Morgan fingerprint density at radius 3 is 1.97 bits per heavy atom. The number of nitrogens with one attached hydrogen (secondary N) is 4. The number of rotatable bonds is 11. The van der Waals surface area contributed by atoms with Crippen molar-refractivity contribution in [2.45, 2.75) is 63.7 Å². The van der Waals surface area contributed by atoms with Gasteiger partial charge in [0.2, 0.25) is 5.91 Å². The molecular formula is C49H55Cl2N9O6. The van der Waals surface area contributed by atoms with E-state index >= 15 is 0 Å². The molecule has 66 heavy (non-hydrogen) atoms. The second-order valence-corrected chi connectivity index (χ2v) is 16.3. The number of ether oxygens (including phenoxy) is 2. The number of H-pyrrole nitrogens is 2. The lowest BCUT2D eigenvalue weighted by Crippen LogP contribution is -2.51. The molecule has 0 unspecified atom stereocenters. The van der Waals surface area contributed by atoms with E-state index in [1.165, 1.54) is 14.2 Å². The number of hydrogen-bond donors (Lipinski definition) is 4. The van der Waals surface area contributed by atoms with E-state index < -0.39 is 24.3 Å². The molecule has 2 aliphatic heterocycles. The third-order valence-corrected chi connectivity index (χ3v) is 11.6. The molecule has 0 spiro atoms. The smallest absolute Gasteiger partial charge is 0.407 e. The molecule has 4 N–H and O–H groups in total. The number of nitrogens with zero attached hydrogens (tertiary/aromatic N) is 5. The Labute approximate surface area is 397 Å². The molecule has 4 atom stereocenters. The van der Waals surface area contributed by atoms with E-state index in [9.17, 15) is 19.2 Å². The average Bonchev–Trinajstić information content (AvgIpc) is 4.16. The van der Waals surface area contributed by atoms with Gasteiger partial charge >= 0.3 is 12.2 Å². The molecule has 4 amide bonds. The van der Waals surface area contributed by atoms with Crippen LogP contribution in [-0.4, -0.2) is 101 Å². The summed E-state index contributed by atoms with van der Waals surface area (Å²) in [5.41, 5.74) is 6.62. The predicted octanol–water partition coefficient (Wildman–Crippen LogP) is 7.58. The van der Waals surface area contributed by atoms with Gasteiger partial charge in [-0.1, -0.05) is 68.3 Å². The molecule has 2 aliphatic rings. The number of anilines is 1. The zero-order valence-electron chi connectivity index (χ0n) is 37.7. The topological polar surface area (TPSA) is 178 Å². The van der Waals surface area contributed by atoms with Gasteiger partial charge in [0, 0.05) is 44.0 Å². The summed E-state index contributed by atoms with van der Waals surface area (Å²) in [5, 5.41) is 5.40. The molecular weight excluding hydrogens is 882 g/mol. The van der Waals surface area contributed by atoms with Gasteiger partial charge in [-0.05, 0) is 90.3 Å². The number of alkyl carbamates (subject to hydrolysis) is 2. The number of amides is 4. The summed E-state index contributed by atoms with van der Waals surface area (Å²) in [6.45, 7) is 4.86. The normalized spacial score (nSPS) is 16.0. The maximum Gasteiger partial charge on any atom is 0.407 e. The molecule has 0 radical (unpaired) electrons. The highest BCUT2D eigenvalue weighted by atomic mass is 35.5. The van der Waals surface area contributed by atoms with Crippen LogP contribution in [0.2, 0.25) is 0 Å². The number of aromatic nitrogens is 4. The van der Waals surface area contributed by atoms with Gasteiger partial charge in [0.15, 0.2) is 0 Å². The molecule has 17 heteroatoms. The summed E-state index contributed by atoms with van der Waals surface area (Å²) in [6, 6.07) is 21.1. The molecule has 4 heterocycles. The summed E-state index contributed by atoms with van der Waals surface area (Å²) in [6.07, 6.45) is 5.12. The van der Waals surface area contributed by atoms with Crippen LogP contribution in [0.15, 0.2) is 85.2 Å². The van der Waals surface area contributed by atoms with Gasteiger partial charge < -0.3 is 44.8 Å². The van der Waals surface area contributed by atoms with Gasteiger partial charge in [0.25, 0.3) is 5.91 Å². The van der Waals surface area contributed by atoms with Crippen molar-refractivity contribution >= 4 is 54.5 Å². The number of halogens is 2. The summed E-state index contributed by atoms with van der Waals surface area (Å²) in [7, 11) is 6.54. The third kappa shape index (κ3) is 11.5. The first-order chi connectivity index (χ1) is 30.9. The molecule has 0 saturated carbocycles. The Bertz CT molecular complexity index is 2610. The molecule has 15 nitrogen and oxygen atoms in total. The van der Waals surface area contributed by atoms with Crippen LogP contribution in [0.5, 0.6) is 0 Å². The zero-order valence-corrected chi connectivity index (χ0v) is 39.3. The maximum atomic E-state index is 13.9. The highest BCUT2D eigenvalue weighted by molar-refractivity contribution is 5.88. The first-order valence-electron chi connectivity index (χ1n) is 21.3. The molecule has 0 aliphatic carbocycles. The van der Waals surface area contributed by atoms with E-state index in [0.717, 1.165) is 52.9 Å². The largest absolute Gasteiger partial charge is 0.453 e. The highest BCUT2D eigenvalue weighted by Crippen LogP contribution is 2.36. The van der Waals surface area contributed by atoms with Crippen LogP contribution in [0.3, 0.4) is 0 Å². The van der Waals surface area contributed by atoms with Crippen molar-refractivity contribution in [2.24, 2.45) is 5.92 Å². The lowest BCUT2D eigenvalue weighted by atomic mass is 9.96. The van der Waals surface area contributed by atoms with Gasteiger partial charge in [0.05, 0.1) is 44.4 Å². The standard InChI is InChI=1S/C49H53N9O6.2ClH/c1-31(2)42(54-48(61)63-5)46(59)57-26-13-19-41(57)45-51-30-39(53-45)35-21-20-32(38(28-35)33-22-24-37(25-23-33)56(3)4)14-10-11-17-36-29-50-44(52-36)40-18-12-27-58(40)47(60)43(55-49(62)64-6)34-15-8-7-9-16-34;;/h7-9,15-16,20-25,28-31,40-43H,12-13,18-19,26-27H2,1-6H3,(H,50,52)(H,51,53)(H,54,61)(H,55,62);2*1H/t40-,41-,42-,43+;;/m0../s1. The number of carbonyl (C=O) groups excluding carboxylic acids is 4. The van der Waals surface area contributed by atoms with Crippen LogP contribution in [0.1, 0.15) is 86.1 Å². The zero-order chi connectivity index (χ0) is 45.3. The van der Waals surface area contributed by atoms with E-state index in [-0.39, 0.29) is 54.6 Å². The fourth-order valence-electron chi connectivity index (χ4n) is 8.20. The van der Waals surface area contributed by atoms with Crippen LogP contribution in [0, 0.1) is 29.6 Å². The number of carbonyl (C=O) groups is 4. The Morgan fingerprint density at radius 1 is 0.742 bits per heavy atom. The van der Waals surface area contributed by atoms with Crippen LogP contribution in [0.4, 0.5) is 15.3 Å². The van der Waals surface area contributed by atoms with E-state index in [1.807, 2.05) is 63.2 Å². The Morgan fingerprint density at radius 2 is 1.33 bits per heavy atom. The van der Waals surface area contributed by atoms with Crippen molar-refractivity contribution in [2.75, 3.05) is 46.3 Å². The number of imidazole rings is 2. The minimum Gasteiger partial charge on any atom is -0.453 e. The quantitative estimate of drug-likeness (QED) is 0.0973. The lowest BCUT2D eigenvalue weighted by molar-refractivity contribution is -0.135. The van der Waals surface area contributed by atoms with Crippen molar-refractivity contribution in [3.8, 4) is 46.1 Å². The Balaban J connectivity index is 0.00000408. The predicted molar refractivity (Wildman–Crippen MR) is 257 cm³/mol. The highest BCUT2D eigenvalue weighted by Gasteiger charge is 2.38. The molecule has 3 aromatic carbocycles.